The van der Waals surface area contributed by atoms with Gasteiger partial charge in [-0.05, 0) is 18.2 Å². The summed E-state index contributed by atoms with van der Waals surface area (Å²) in [6.07, 6.45) is 3.29. The number of nitrogens with two attached hydrogens (primary N) is 1. The molecule has 1 atom stereocenters. The molecule has 0 aliphatic rings. The van der Waals surface area contributed by atoms with Crippen LogP contribution in [0.15, 0.2) is 42.7 Å². The van der Waals surface area contributed by atoms with Crippen LogP contribution < -0.4 is 11.3 Å². The number of halogens is 1. The molecule has 3 N–H and O–H groups in total. The number of hydrogen-bond donors (Lipinski definition) is 2. The molecule has 0 saturated heterocycles. The van der Waals surface area contributed by atoms with Gasteiger partial charge in [-0.25, -0.2) is 9.37 Å². The number of pyridine rings is 1. The molecular weight excluding hydrogens is 275 g/mol. The largest absolute Gasteiger partial charge is 0.271 e. The molecule has 102 valence electrons. The topological polar surface area (TPSA) is 63.8 Å². The maximum absolute atomic E-state index is 13.8. The van der Waals surface area contributed by atoms with E-state index in [-0.39, 0.29) is 11.9 Å². The van der Waals surface area contributed by atoms with E-state index in [1.807, 2.05) is 24.3 Å². The molecule has 0 amide bonds. The Labute approximate surface area is 119 Å². The normalized spacial score (nSPS) is 12.7. The Morgan fingerprint density at radius 1 is 1.30 bits per heavy atom. The molecule has 0 saturated carbocycles. The third-order valence-corrected chi connectivity index (χ3v) is 4.16. The Kier molecular flexibility index (Phi) is 3.68. The van der Waals surface area contributed by atoms with Crippen LogP contribution in [0.2, 0.25) is 0 Å². The van der Waals surface area contributed by atoms with E-state index in [1.54, 1.807) is 23.6 Å². The minimum Gasteiger partial charge on any atom is -0.271 e. The van der Waals surface area contributed by atoms with Crippen molar-refractivity contribution in [2.24, 2.45) is 5.84 Å². The fraction of sp³-hybridized carbons (Fsp3) is 0.143. The second-order valence-electron chi connectivity index (χ2n) is 4.40. The van der Waals surface area contributed by atoms with E-state index >= 15 is 0 Å². The average molecular weight is 288 g/mol. The van der Waals surface area contributed by atoms with Gasteiger partial charge in [-0.2, -0.15) is 0 Å². The van der Waals surface area contributed by atoms with Gasteiger partial charge < -0.3 is 0 Å². The molecule has 1 aromatic carbocycles. The average Bonchev–Trinajstić information content (AvgIpc) is 2.88. The van der Waals surface area contributed by atoms with Gasteiger partial charge in [-0.1, -0.05) is 12.1 Å². The van der Waals surface area contributed by atoms with Crippen LogP contribution in [0.5, 0.6) is 0 Å². The van der Waals surface area contributed by atoms with Crippen molar-refractivity contribution >= 4 is 21.6 Å². The molecule has 0 aliphatic carbocycles. The first-order chi connectivity index (χ1) is 9.78. The van der Waals surface area contributed by atoms with Crippen molar-refractivity contribution in [3.8, 4) is 0 Å². The van der Waals surface area contributed by atoms with Gasteiger partial charge in [-0.3, -0.25) is 16.3 Å². The highest BCUT2D eigenvalue weighted by atomic mass is 32.1. The predicted octanol–water partition coefficient (Wildman–Crippen LogP) is 2.58. The maximum atomic E-state index is 13.8. The number of nitrogens with zero attached hydrogens (tertiary/aromatic N) is 2. The van der Waals surface area contributed by atoms with Gasteiger partial charge in [0, 0.05) is 18.2 Å². The van der Waals surface area contributed by atoms with Gasteiger partial charge in [0.15, 0.2) is 0 Å². The molecular formula is C14H13FN4S. The molecule has 1 unspecified atom stereocenters. The third-order valence-electron chi connectivity index (χ3n) is 3.10. The number of rotatable bonds is 4. The van der Waals surface area contributed by atoms with Crippen molar-refractivity contribution in [2.75, 3.05) is 0 Å². The Bertz CT molecular complexity index is 695. The molecule has 0 fully saturated rings. The van der Waals surface area contributed by atoms with Crippen LogP contribution in [-0.4, -0.2) is 9.97 Å². The van der Waals surface area contributed by atoms with Crippen LogP contribution in [0.1, 0.15) is 16.6 Å². The lowest BCUT2D eigenvalue weighted by Crippen LogP contribution is -2.30. The maximum Gasteiger partial charge on any atom is 0.146 e. The van der Waals surface area contributed by atoms with E-state index in [2.05, 4.69) is 15.4 Å². The first-order valence-corrected chi connectivity index (χ1v) is 6.99. The quantitative estimate of drug-likeness (QED) is 0.572. The fourth-order valence-electron chi connectivity index (χ4n) is 2.11. The molecule has 2 heterocycles. The van der Waals surface area contributed by atoms with E-state index < -0.39 is 0 Å². The van der Waals surface area contributed by atoms with Gasteiger partial charge in [0.2, 0.25) is 0 Å². The van der Waals surface area contributed by atoms with Gasteiger partial charge in [0.1, 0.15) is 5.82 Å². The lowest BCUT2D eigenvalue weighted by atomic mass is 10.1. The monoisotopic (exact) mass is 288 g/mol. The summed E-state index contributed by atoms with van der Waals surface area (Å²) in [5.41, 5.74) is 4.11. The summed E-state index contributed by atoms with van der Waals surface area (Å²) >= 11 is 1.60. The zero-order chi connectivity index (χ0) is 13.9. The summed E-state index contributed by atoms with van der Waals surface area (Å²) < 4.78 is 14.9. The van der Waals surface area contributed by atoms with Crippen LogP contribution in [0.3, 0.4) is 0 Å². The number of hydrazine groups is 1. The van der Waals surface area contributed by atoms with E-state index in [1.165, 1.54) is 6.20 Å². The standard InChI is InChI=1S/C14H13FN4S/c15-10-8-17-6-5-9(10)12(19-16)7-14-18-11-3-1-2-4-13(11)20-14/h1-6,8,12,19H,7,16H2. The Morgan fingerprint density at radius 3 is 2.90 bits per heavy atom. The lowest BCUT2D eigenvalue weighted by Gasteiger charge is -2.15. The molecule has 6 heteroatoms. The molecule has 2 aromatic heterocycles. The van der Waals surface area contributed by atoms with Crippen LogP contribution >= 0.6 is 11.3 Å². The minimum atomic E-state index is -0.364. The highest BCUT2D eigenvalue weighted by Crippen LogP contribution is 2.26. The van der Waals surface area contributed by atoms with Gasteiger partial charge in [0.05, 0.1) is 27.5 Å². The van der Waals surface area contributed by atoms with Crippen molar-refractivity contribution in [3.05, 3.63) is 59.1 Å². The Hall–Kier alpha value is -1.89. The molecule has 0 radical (unpaired) electrons. The lowest BCUT2D eigenvalue weighted by molar-refractivity contribution is 0.507. The van der Waals surface area contributed by atoms with Gasteiger partial charge >= 0.3 is 0 Å². The second kappa shape index (κ2) is 5.62. The minimum absolute atomic E-state index is 0.321. The highest BCUT2D eigenvalue weighted by Gasteiger charge is 2.17. The summed E-state index contributed by atoms with van der Waals surface area (Å²) in [4.78, 5) is 8.29. The number of para-hydroxylation sites is 1. The Morgan fingerprint density at radius 2 is 2.15 bits per heavy atom. The predicted molar refractivity (Wildman–Crippen MR) is 77.6 cm³/mol. The Balaban J connectivity index is 1.90. The van der Waals surface area contributed by atoms with E-state index in [4.69, 9.17) is 5.84 Å². The summed E-state index contributed by atoms with van der Waals surface area (Å²) in [6, 6.07) is 9.23. The number of hydrogen-bond acceptors (Lipinski definition) is 5. The third kappa shape index (κ3) is 2.53. The van der Waals surface area contributed by atoms with Gasteiger partial charge in [0.25, 0.3) is 0 Å². The number of nitrogens with one attached hydrogen (secondary N) is 1. The number of fused-ring (bicyclic) bond motifs is 1. The van der Waals surface area contributed by atoms with Crippen molar-refractivity contribution in [1.82, 2.24) is 15.4 Å². The van der Waals surface area contributed by atoms with Crippen molar-refractivity contribution < 1.29 is 4.39 Å². The number of benzene rings is 1. The molecule has 0 aliphatic heterocycles. The van der Waals surface area contributed by atoms with Crippen LogP contribution in [0, 0.1) is 5.82 Å². The number of thiazole rings is 1. The molecule has 20 heavy (non-hydrogen) atoms. The van der Waals surface area contributed by atoms with E-state index in [0.717, 1.165) is 15.2 Å². The van der Waals surface area contributed by atoms with E-state index in [0.29, 0.717) is 12.0 Å². The highest BCUT2D eigenvalue weighted by molar-refractivity contribution is 7.18. The molecule has 3 aromatic rings. The molecule has 0 spiro atoms. The van der Waals surface area contributed by atoms with Crippen molar-refractivity contribution in [1.29, 1.82) is 0 Å². The first-order valence-electron chi connectivity index (χ1n) is 6.18. The summed E-state index contributed by atoms with van der Waals surface area (Å²) in [5.74, 6) is 5.19. The zero-order valence-corrected chi connectivity index (χ0v) is 11.4. The molecule has 3 rings (SSSR count). The molecule has 4 nitrogen and oxygen atoms in total. The fourth-order valence-corrected chi connectivity index (χ4v) is 3.12. The first kappa shape index (κ1) is 13.1. The van der Waals surface area contributed by atoms with Crippen molar-refractivity contribution in [3.63, 3.8) is 0 Å². The van der Waals surface area contributed by atoms with E-state index in [9.17, 15) is 4.39 Å². The molecule has 0 bridgehead atoms. The number of aromatic nitrogens is 2. The van der Waals surface area contributed by atoms with Crippen LogP contribution in [-0.2, 0) is 6.42 Å². The summed E-state index contributed by atoms with van der Waals surface area (Å²) in [6.45, 7) is 0. The van der Waals surface area contributed by atoms with Crippen LogP contribution in [0.4, 0.5) is 4.39 Å². The van der Waals surface area contributed by atoms with Crippen molar-refractivity contribution in [2.45, 2.75) is 12.5 Å². The summed E-state index contributed by atoms with van der Waals surface area (Å²) in [5, 5.41) is 0.922. The van der Waals surface area contributed by atoms with Gasteiger partial charge in [-0.15, -0.1) is 11.3 Å². The smallest absolute Gasteiger partial charge is 0.146 e. The second-order valence-corrected chi connectivity index (χ2v) is 5.51. The summed E-state index contributed by atoms with van der Waals surface area (Å²) in [7, 11) is 0. The SMILES string of the molecule is NNC(Cc1nc2ccccc2s1)c1ccncc1F. The zero-order valence-electron chi connectivity index (χ0n) is 10.6. The van der Waals surface area contributed by atoms with Crippen LogP contribution in [0.25, 0.3) is 10.2 Å².